The van der Waals surface area contributed by atoms with Gasteiger partial charge in [0.25, 0.3) is 5.91 Å². The first kappa shape index (κ1) is 23.2. The third-order valence-corrected chi connectivity index (χ3v) is 6.86. The molecule has 3 heterocycles. The zero-order valence-corrected chi connectivity index (χ0v) is 19.7. The van der Waals surface area contributed by atoms with Gasteiger partial charge in [-0.25, -0.2) is 4.98 Å². The SMILES string of the molecule is CC1C=CC(C)N1C(=O)c1cc(N2CCN(c3cccc(C(F)(F)F)c3)CC2)nc2ccccc12. The van der Waals surface area contributed by atoms with Crippen LogP contribution in [-0.4, -0.2) is 54.1 Å². The summed E-state index contributed by atoms with van der Waals surface area (Å²) in [5.41, 5.74) is 1.29. The number of hydrogen-bond donors (Lipinski definition) is 0. The van der Waals surface area contributed by atoms with Crippen molar-refractivity contribution in [2.45, 2.75) is 32.1 Å². The molecule has 2 aromatic carbocycles. The van der Waals surface area contributed by atoms with Crippen LogP contribution in [0.25, 0.3) is 10.9 Å². The first-order valence-corrected chi connectivity index (χ1v) is 11.8. The Morgan fingerprint density at radius 3 is 2.23 bits per heavy atom. The van der Waals surface area contributed by atoms with E-state index in [1.54, 1.807) is 6.07 Å². The molecule has 5 nitrogen and oxygen atoms in total. The molecule has 2 aliphatic heterocycles. The van der Waals surface area contributed by atoms with Gasteiger partial charge in [-0.3, -0.25) is 4.79 Å². The Morgan fingerprint density at radius 2 is 1.54 bits per heavy atom. The zero-order valence-electron chi connectivity index (χ0n) is 19.7. The monoisotopic (exact) mass is 480 g/mol. The highest BCUT2D eigenvalue weighted by Gasteiger charge is 2.32. The van der Waals surface area contributed by atoms with Gasteiger partial charge >= 0.3 is 6.18 Å². The number of para-hydroxylation sites is 1. The fraction of sp³-hybridized carbons (Fsp3) is 0.333. The van der Waals surface area contributed by atoms with Crippen LogP contribution in [0.15, 0.2) is 66.7 Å². The maximum atomic E-state index is 13.6. The number of rotatable bonds is 3. The highest BCUT2D eigenvalue weighted by molar-refractivity contribution is 6.07. The predicted molar refractivity (Wildman–Crippen MR) is 132 cm³/mol. The highest BCUT2D eigenvalue weighted by atomic mass is 19.4. The maximum Gasteiger partial charge on any atom is 0.416 e. The number of alkyl halides is 3. The second kappa shape index (κ2) is 8.91. The molecule has 0 aliphatic carbocycles. The number of benzene rings is 2. The number of amides is 1. The fourth-order valence-electron chi connectivity index (χ4n) is 4.96. The standard InChI is InChI=1S/C27H27F3N4O/c1-18-10-11-19(2)34(18)26(35)23-17-25(31-24-9-4-3-8-22(23)24)33-14-12-32(13-15-33)21-7-5-6-20(16-21)27(28,29)30/h3-11,16-19H,12-15H2,1-2H3. The van der Waals surface area contributed by atoms with Gasteiger partial charge in [0.05, 0.1) is 16.6 Å². The van der Waals surface area contributed by atoms with E-state index in [0.29, 0.717) is 43.2 Å². The summed E-state index contributed by atoms with van der Waals surface area (Å²) in [6, 6.07) is 15.0. The number of fused-ring (bicyclic) bond motifs is 1. The number of pyridine rings is 1. The lowest BCUT2D eigenvalue weighted by molar-refractivity contribution is -0.137. The van der Waals surface area contributed by atoms with Crippen molar-refractivity contribution in [2.24, 2.45) is 0 Å². The van der Waals surface area contributed by atoms with E-state index in [9.17, 15) is 18.0 Å². The van der Waals surface area contributed by atoms with Gasteiger partial charge in [-0.1, -0.05) is 36.4 Å². The normalized spacial score (nSPS) is 20.7. The molecule has 0 N–H and O–H groups in total. The number of aromatic nitrogens is 1. The lowest BCUT2D eigenvalue weighted by Gasteiger charge is -2.37. The largest absolute Gasteiger partial charge is 0.416 e. The van der Waals surface area contributed by atoms with Gasteiger partial charge < -0.3 is 14.7 Å². The summed E-state index contributed by atoms with van der Waals surface area (Å²) >= 11 is 0. The van der Waals surface area contributed by atoms with E-state index < -0.39 is 11.7 Å². The molecule has 5 rings (SSSR count). The van der Waals surface area contributed by atoms with Crippen LogP contribution >= 0.6 is 0 Å². The van der Waals surface area contributed by atoms with Crippen LogP contribution in [0.1, 0.15) is 29.8 Å². The summed E-state index contributed by atoms with van der Waals surface area (Å²) in [6.07, 6.45) is -0.282. The zero-order chi connectivity index (χ0) is 24.7. The third-order valence-electron chi connectivity index (χ3n) is 6.86. The number of nitrogens with zero attached hydrogens (tertiary/aromatic N) is 4. The van der Waals surface area contributed by atoms with Crippen LogP contribution in [0.5, 0.6) is 0 Å². The molecule has 1 saturated heterocycles. The van der Waals surface area contributed by atoms with Gasteiger partial charge in [-0.15, -0.1) is 0 Å². The summed E-state index contributed by atoms with van der Waals surface area (Å²) < 4.78 is 39.4. The molecular formula is C27H27F3N4O. The third kappa shape index (κ3) is 4.45. The van der Waals surface area contributed by atoms with Crippen molar-refractivity contribution in [1.29, 1.82) is 0 Å². The van der Waals surface area contributed by atoms with E-state index in [4.69, 9.17) is 4.98 Å². The van der Waals surface area contributed by atoms with Gasteiger partial charge in [0.1, 0.15) is 5.82 Å². The van der Waals surface area contributed by atoms with Crippen LogP contribution in [-0.2, 0) is 6.18 Å². The molecule has 1 aromatic heterocycles. The summed E-state index contributed by atoms with van der Waals surface area (Å²) in [5.74, 6) is 0.681. The van der Waals surface area contributed by atoms with Crippen molar-refractivity contribution in [3.8, 4) is 0 Å². The molecule has 0 spiro atoms. The summed E-state index contributed by atoms with van der Waals surface area (Å²) in [4.78, 5) is 24.4. The molecule has 0 radical (unpaired) electrons. The fourth-order valence-corrected chi connectivity index (χ4v) is 4.96. The molecule has 2 unspecified atom stereocenters. The maximum absolute atomic E-state index is 13.6. The van der Waals surface area contributed by atoms with Gasteiger partial charge in [0.2, 0.25) is 0 Å². The van der Waals surface area contributed by atoms with Crippen molar-refractivity contribution in [3.63, 3.8) is 0 Å². The molecule has 35 heavy (non-hydrogen) atoms. The highest BCUT2D eigenvalue weighted by Crippen LogP contribution is 2.33. The van der Waals surface area contributed by atoms with Crippen molar-refractivity contribution in [3.05, 3.63) is 77.9 Å². The molecule has 182 valence electrons. The van der Waals surface area contributed by atoms with Gasteiger partial charge in [-0.2, -0.15) is 13.2 Å². The average Bonchev–Trinajstić information content (AvgIpc) is 3.20. The van der Waals surface area contributed by atoms with Crippen LogP contribution in [0, 0.1) is 0 Å². The Balaban J connectivity index is 1.40. The Morgan fingerprint density at radius 1 is 0.886 bits per heavy atom. The molecule has 3 aromatic rings. The van der Waals surface area contributed by atoms with Crippen molar-refractivity contribution >= 4 is 28.3 Å². The van der Waals surface area contributed by atoms with Crippen LogP contribution in [0.2, 0.25) is 0 Å². The van der Waals surface area contributed by atoms with Crippen molar-refractivity contribution < 1.29 is 18.0 Å². The molecule has 8 heteroatoms. The number of carbonyl (C=O) groups excluding carboxylic acids is 1. The first-order chi connectivity index (χ1) is 16.7. The number of piperazine rings is 1. The number of carbonyl (C=O) groups is 1. The van der Waals surface area contributed by atoms with Crippen LogP contribution in [0.4, 0.5) is 24.7 Å². The van der Waals surface area contributed by atoms with E-state index in [1.165, 1.54) is 12.1 Å². The van der Waals surface area contributed by atoms with Gasteiger partial charge in [-0.05, 0) is 44.2 Å². The van der Waals surface area contributed by atoms with Gasteiger partial charge in [0.15, 0.2) is 0 Å². The lowest BCUT2D eigenvalue weighted by Crippen LogP contribution is -2.47. The van der Waals surface area contributed by atoms with E-state index in [1.807, 2.05) is 66.1 Å². The molecule has 0 saturated carbocycles. The average molecular weight is 481 g/mol. The molecule has 2 aliphatic rings. The first-order valence-electron chi connectivity index (χ1n) is 11.8. The minimum atomic E-state index is -4.37. The second-order valence-electron chi connectivity index (χ2n) is 9.15. The predicted octanol–water partition coefficient (Wildman–Crippen LogP) is 5.37. The summed E-state index contributed by atoms with van der Waals surface area (Å²) in [5, 5.41) is 0.815. The Hall–Kier alpha value is -3.55. The molecule has 2 atom stereocenters. The molecule has 1 amide bonds. The van der Waals surface area contributed by atoms with Crippen LogP contribution in [0.3, 0.4) is 0 Å². The minimum absolute atomic E-state index is 0.0175. The van der Waals surface area contributed by atoms with E-state index in [2.05, 4.69) is 4.90 Å². The number of anilines is 2. The van der Waals surface area contributed by atoms with E-state index in [-0.39, 0.29) is 18.0 Å². The van der Waals surface area contributed by atoms with Crippen molar-refractivity contribution in [2.75, 3.05) is 36.0 Å². The van der Waals surface area contributed by atoms with E-state index in [0.717, 1.165) is 17.0 Å². The number of hydrogen-bond acceptors (Lipinski definition) is 4. The Labute approximate surface area is 202 Å². The van der Waals surface area contributed by atoms with E-state index >= 15 is 0 Å². The quantitative estimate of drug-likeness (QED) is 0.473. The van der Waals surface area contributed by atoms with Crippen LogP contribution < -0.4 is 9.80 Å². The smallest absolute Gasteiger partial charge is 0.368 e. The Kier molecular flexibility index (Phi) is 5.91. The molecule has 0 bridgehead atoms. The number of halogens is 3. The minimum Gasteiger partial charge on any atom is -0.368 e. The van der Waals surface area contributed by atoms with Gasteiger partial charge in [0, 0.05) is 49.3 Å². The topological polar surface area (TPSA) is 39.7 Å². The lowest BCUT2D eigenvalue weighted by atomic mass is 10.1. The Bertz CT molecular complexity index is 1270. The second-order valence-corrected chi connectivity index (χ2v) is 9.15. The molecule has 1 fully saturated rings. The van der Waals surface area contributed by atoms with Crippen molar-refractivity contribution in [1.82, 2.24) is 9.88 Å². The summed E-state index contributed by atoms with van der Waals surface area (Å²) in [6.45, 7) is 6.32. The summed E-state index contributed by atoms with van der Waals surface area (Å²) in [7, 11) is 0. The molecular weight excluding hydrogens is 453 g/mol.